The molecule has 3 nitrogen and oxygen atoms in total. The predicted molar refractivity (Wildman–Crippen MR) is 77.0 cm³/mol. The van der Waals surface area contributed by atoms with Crippen LogP contribution in [-0.4, -0.2) is 23.9 Å². The molecular weight excluding hydrogens is 308 g/mol. The van der Waals surface area contributed by atoms with Gasteiger partial charge in [-0.05, 0) is 30.9 Å². The van der Waals surface area contributed by atoms with Crippen molar-refractivity contribution in [2.24, 2.45) is 0 Å². The molecule has 1 heterocycles. The zero-order chi connectivity index (χ0) is 13.5. The number of fused-ring (bicyclic) bond motifs is 1. The van der Waals surface area contributed by atoms with E-state index in [4.69, 9.17) is 9.47 Å². The third kappa shape index (κ3) is 2.61. The average Bonchev–Trinajstić information content (AvgIpc) is 3.14. The molecule has 19 heavy (non-hydrogen) atoms. The molecule has 3 rings (SSSR count). The van der Waals surface area contributed by atoms with Crippen LogP contribution in [0.1, 0.15) is 37.3 Å². The Morgan fingerprint density at radius 3 is 2.68 bits per heavy atom. The van der Waals surface area contributed by atoms with Gasteiger partial charge in [-0.3, -0.25) is 0 Å². The van der Waals surface area contributed by atoms with Crippen LogP contribution < -0.4 is 9.47 Å². The summed E-state index contributed by atoms with van der Waals surface area (Å²) < 4.78 is 12.7. The third-order valence-electron chi connectivity index (χ3n) is 3.89. The Hall–Kier alpha value is -0.740. The minimum absolute atomic E-state index is 0.494. The Labute approximate surface area is 122 Å². The van der Waals surface area contributed by atoms with E-state index in [9.17, 15) is 5.11 Å². The summed E-state index contributed by atoms with van der Waals surface area (Å²) in [5.74, 6) is 1.70. The predicted octanol–water partition coefficient (Wildman–Crippen LogP) is 3.24. The number of rotatable bonds is 3. The van der Waals surface area contributed by atoms with Crippen molar-refractivity contribution < 1.29 is 14.6 Å². The van der Waals surface area contributed by atoms with Gasteiger partial charge in [0.05, 0.1) is 18.8 Å². The lowest BCUT2D eigenvalue weighted by atomic mass is 9.97. The summed E-state index contributed by atoms with van der Waals surface area (Å²) in [7, 11) is 0. The van der Waals surface area contributed by atoms with E-state index in [-0.39, 0.29) is 0 Å². The summed E-state index contributed by atoms with van der Waals surface area (Å²) in [5, 5.41) is 10.2. The fraction of sp³-hybridized carbons (Fsp3) is 0.600. The van der Waals surface area contributed by atoms with Gasteiger partial charge in [-0.25, -0.2) is 0 Å². The number of hydrogen-bond donors (Lipinski definition) is 1. The summed E-state index contributed by atoms with van der Waals surface area (Å²) in [4.78, 5) is 0. The van der Waals surface area contributed by atoms with Crippen molar-refractivity contribution in [3.63, 3.8) is 0 Å². The highest BCUT2D eigenvalue weighted by atomic mass is 79.9. The Morgan fingerprint density at radius 1 is 1.26 bits per heavy atom. The van der Waals surface area contributed by atoms with Crippen molar-refractivity contribution in [3.05, 3.63) is 21.7 Å². The molecule has 0 radical (unpaired) electrons. The monoisotopic (exact) mass is 326 g/mol. The normalized spacial score (nSPS) is 19.9. The second-order valence-corrected chi connectivity index (χ2v) is 6.30. The zero-order valence-electron chi connectivity index (χ0n) is 11.2. The van der Waals surface area contributed by atoms with Crippen molar-refractivity contribution in [2.45, 2.75) is 44.6 Å². The number of ether oxygens (including phenoxy) is 2. The van der Waals surface area contributed by atoms with Crippen LogP contribution in [0.3, 0.4) is 0 Å². The van der Waals surface area contributed by atoms with Crippen LogP contribution in [0.2, 0.25) is 0 Å². The molecule has 1 saturated carbocycles. The van der Waals surface area contributed by atoms with Gasteiger partial charge in [-0.1, -0.05) is 22.9 Å². The van der Waals surface area contributed by atoms with Crippen LogP contribution in [0.15, 0.2) is 10.5 Å². The number of benzene rings is 1. The van der Waals surface area contributed by atoms with Crippen molar-refractivity contribution in [2.75, 3.05) is 13.2 Å². The molecule has 0 amide bonds. The first kappa shape index (κ1) is 13.3. The van der Waals surface area contributed by atoms with Crippen LogP contribution in [0, 0.1) is 0 Å². The fourth-order valence-corrected chi connectivity index (χ4v) is 3.18. The van der Waals surface area contributed by atoms with Crippen molar-refractivity contribution in [1.29, 1.82) is 0 Å². The van der Waals surface area contributed by atoms with Gasteiger partial charge >= 0.3 is 0 Å². The van der Waals surface area contributed by atoms with Crippen molar-refractivity contribution >= 4 is 15.9 Å². The summed E-state index contributed by atoms with van der Waals surface area (Å²) in [6, 6.07) is 1.99. The van der Waals surface area contributed by atoms with Gasteiger partial charge < -0.3 is 14.6 Å². The van der Waals surface area contributed by atoms with Gasteiger partial charge in [0, 0.05) is 22.9 Å². The van der Waals surface area contributed by atoms with Gasteiger partial charge in [-0.2, -0.15) is 0 Å². The molecule has 1 fully saturated rings. The first-order valence-corrected chi connectivity index (χ1v) is 7.74. The number of hydrogen-bond acceptors (Lipinski definition) is 3. The molecule has 1 N–H and O–H groups in total. The van der Waals surface area contributed by atoms with Gasteiger partial charge in [0.15, 0.2) is 11.5 Å². The van der Waals surface area contributed by atoms with Crippen LogP contribution >= 0.6 is 15.9 Å². The Morgan fingerprint density at radius 2 is 2.00 bits per heavy atom. The van der Waals surface area contributed by atoms with Crippen molar-refractivity contribution in [3.8, 4) is 11.5 Å². The zero-order valence-corrected chi connectivity index (χ0v) is 12.8. The standard InChI is InChI=1S/C15H19BrO3/c1-2-10-11(9-15(17)4-5-15)12(16)8-13-14(10)19-7-3-6-18-13/h8,17H,2-7,9H2,1H3. The number of halogens is 1. The second kappa shape index (κ2) is 4.98. The van der Waals surface area contributed by atoms with Gasteiger partial charge in [0.1, 0.15) is 0 Å². The van der Waals surface area contributed by atoms with E-state index in [0.29, 0.717) is 19.6 Å². The lowest BCUT2D eigenvalue weighted by molar-refractivity contribution is 0.150. The maximum Gasteiger partial charge on any atom is 0.164 e. The van der Waals surface area contributed by atoms with Gasteiger partial charge in [0.25, 0.3) is 0 Å². The van der Waals surface area contributed by atoms with E-state index < -0.39 is 5.60 Å². The molecule has 1 aromatic rings. The lowest BCUT2D eigenvalue weighted by Crippen LogP contribution is -2.14. The van der Waals surface area contributed by atoms with E-state index >= 15 is 0 Å². The van der Waals surface area contributed by atoms with Gasteiger partial charge in [-0.15, -0.1) is 0 Å². The second-order valence-electron chi connectivity index (χ2n) is 5.45. The molecule has 0 spiro atoms. The SMILES string of the molecule is CCc1c(CC2(O)CC2)c(Br)cc2c1OCCCO2. The van der Waals surface area contributed by atoms with Crippen LogP contribution in [0.5, 0.6) is 11.5 Å². The van der Waals surface area contributed by atoms with Crippen LogP contribution in [0.25, 0.3) is 0 Å². The highest BCUT2D eigenvalue weighted by Crippen LogP contribution is 2.45. The third-order valence-corrected chi connectivity index (χ3v) is 4.59. The molecule has 2 aliphatic rings. The lowest BCUT2D eigenvalue weighted by Gasteiger charge is -2.19. The van der Waals surface area contributed by atoms with E-state index in [0.717, 1.165) is 41.7 Å². The Balaban J connectivity index is 2.05. The number of aliphatic hydroxyl groups is 1. The maximum atomic E-state index is 10.2. The molecule has 0 bridgehead atoms. The summed E-state index contributed by atoms with van der Waals surface area (Å²) in [5.41, 5.74) is 1.85. The largest absolute Gasteiger partial charge is 0.490 e. The molecule has 0 saturated heterocycles. The van der Waals surface area contributed by atoms with E-state index in [2.05, 4.69) is 22.9 Å². The fourth-order valence-electron chi connectivity index (χ4n) is 2.59. The Kier molecular flexibility index (Phi) is 3.48. The van der Waals surface area contributed by atoms with Crippen LogP contribution in [-0.2, 0) is 12.8 Å². The molecule has 1 aliphatic carbocycles. The Bertz CT molecular complexity index is 495. The topological polar surface area (TPSA) is 38.7 Å². The quantitative estimate of drug-likeness (QED) is 0.926. The minimum atomic E-state index is -0.494. The molecular formula is C15H19BrO3. The highest BCUT2D eigenvalue weighted by molar-refractivity contribution is 9.10. The molecule has 0 unspecified atom stereocenters. The summed E-state index contributed by atoms with van der Waals surface area (Å²) in [6.07, 6.45) is 4.30. The summed E-state index contributed by atoms with van der Waals surface area (Å²) in [6.45, 7) is 3.52. The molecule has 1 aromatic carbocycles. The van der Waals surface area contributed by atoms with Crippen molar-refractivity contribution in [1.82, 2.24) is 0 Å². The molecule has 0 atom stereocenters. The first-order chi connectivity index (χ1) is 9.13. The smallest absolute Gasteiger partial charge is 0.164 e. The van der Waals surface area contributed by atoms with E-state index in [1.54, 1.807) is 0 Å². The highest BCUT2D eigenvalue weighted by Gasteiger charge is 2.41. The maximum absolute atomic E-state index is 10.2. The minimum Gasteiger partial charge on any atom is -0.490 e. The van der Waals surface area contributed by atoms with E-state index in [1.807, 2.05) is 6.07 Å². The molecule has 104 valence electrons. The first-order valence-electron chi connectivity index (χ1n) is 6.95. The molecule has 4 heteroatoms. The summed E-state index contributed by atoms with van der Waals surface area (Å²) >= 11 is 3.63. The van der Waals surface area contributed by atoms with E-state index in [1.165, 1.54) is 11.1 Å². The molecule has 0 aromatic heterocycles. The average molecular weight is 327 g/mol. The van der Waals surface area contributed by atoms with Gasteiger partial charge in [0.2, 0.25) is 0 Å². The van der Waals surface area contributed by atoms with Crippen LogP contribution in [0.4, 0.5) is 0 Å². The molecule has 1 aliphatic heterocycles.